The number of esters is 1. The predicted molar refractivity (Wildman–Crippen MR) is 96.4 cm³/mol. The molecule has 2 rings (SSSR count). The summed E-state index contributed by atoms with van der Waals surface area (Å²) in [4.78, 5) is 34.4. The Labute approximate surface area is 156 Å². The van der Waals surface area contributed by atoms with Gasteiger partial charge in [0.15, 0.2) is 17.6 Å². The molecule has 2 aromatic rings. The molecule has 142 valence electrons. The number of ether oxygens (including phenoxy) is 3. The Kier molecular flexibility index (Phi) is 6.76. The Morgan fingerprint density at radius 3 is 2.41 bits per heavy atom. The van der Waals surface area contributed by atoms with Gasteiger partial charge in [-0.15, -0.1) is 0 Å². The van der Waals surface area contributed by atoms with Crippen molar-refractivity contribution in [1.29, 1.82) is 0 Å². The number of primary amides is 1. The van der Waals surface area contributed by atoms with Gasteiger partial charge in [0.25, 0.3) is 5.91 Å². The highest BCUT2D eigenvalue weighted by atomic mass is 16.5. The first-order valence-electron chi connectivity index (χ1n) is 8.06. The fourth-order valence-electron chi connectivity index (χ4n) is 2.15. The number of nitrogens with two attached hydrogens (primary N) is 1. The van der Waals surface area contributed by atoms with Gasteiger partial charge >= 0.3 is 12.0 Å². The number of rotatable bonds is 7. The van der Waals surface area contributed by atoms with E-state index in [-0.39, 0.29) is 5.56 Å². The number of hydrogen-bond donors (Lipinski definition) is 2. The van der Waals surface area contributed by atoms with Crippen molar-refractivity contribution in [3.05, 3.63) is 59.7 Å². The average molecular weight is 372 g/mol. The number of carbonyl (C=O) groups is 3. The molecule has 0 aliphatic heterocycles. The van der Waals surface area contributed by atoms with Crippen molar-refractivity contribution < 1.29 is 28.6 Å². The molecule has 0 fully saturated rings. The second-order valence-corrected chi connectivity index (χ2v) is 5.54. The topological polar surface area (TPSA) is 117 Å². The van der Waals surface area contributed by atoms with E-state index in [1.165, 1.54) is 26.2 Å². The SMILES string of the molecule is COc1cc(C(=O)O[C@@H](C)C(=O)NC(N)=O)ccc1OCc1ccccc1. The number of nitrogens with one attached hydrogen (secondary N) is 1. The largest absolute Gasteiger partial charge is 0.493 e. The molecule has 0 unspecified atom stereocenters. The van der Waals surface area contributed by atoms with Gasteiger partial charge < -0.3 is 19.9 Å². The first-order chi connectivity index (χ1) is 12.9. The van der Waals surface area contributed by atoms with Crippen molar-refractivity contribution in [2.24, 2.45) is 5.73 Å². The predicted octanol–water partition coefficient (Wildman–Crippen LogP) is 2.01. The summed E-state index contributed by atoms with van der Waals surface area (Å²) in [5, 5.41) is 1.84. The summed E-state index contributed by atoms with van der Waals surface area (Å²) in [5.41, 5.74) is 6.00. The highest BCUT2D eigenvalue weighted by Crippen LogP contribution is 2.29. The third-order valence-electron chi connectivity index (χ3n) is 3.54. The van der Waals surface area contributed by atoms with Crippen molar-refractivity contribution in [1.82, 2.24) is 5.32 Å². The van der Waals surface area contributed by atoms with E-state index in [0.29, 0.717) is 18.1 Å². The van der Waals surface area contributed by atoms with Gasteiger partial charge in [-0.2, -0.15) is 0 Å². The molecule has 27 heavy (non-hydrogen) atoms. The lowest BCUT2D eigenvalue weighted by Gasteiger charge is -2.14. The number of amides is 3. The lowest BCUT2D eigenvalue weighted by molar-refractivity contribution is -0.127. The molecular weight excluding hydrogens is 352 g/mol. The molecule has 3 N–H and O–H groups in total. The van der Waals surface area contributed by atoms with Gasteiger partial charge in [0.2, 0.25) is 0 Å². The molecule has 0 saturated carbocycles. The molecule has 0 bridgehead atoms. The lowest BCUT2D eigenvalue weighted by atomic mass is 10.2. The first-order valence-corrected chi connectivity index (χ1v) is 8.06. The molecule has 0 radical (unpaired) electrons. The fraction of sp³-hybridized carbons (Fsp3) is 0.211. The molecule has 3 amide bonds. The monoisotopic (exact) mass is 372 g/mol. The van der Waals surface area contributed by atoms with Crippen LogP contribution in [0.25, 0.3) is 0 Å². The summed E-state index contributed by atoms with van der Waals surface area (Å²) in [6.07, 6.45) is -1.19. The van der Waals surface area contributed by atoms with Crippen LogP contribution in [0.15, 0.2) is 48.5 Å². The van der Waals surface area contributed by atoms with Gasteiger partial charge in [-0.1, -0.05) is 30.3 Å². The molecule has 0 saturated heterocycles. The second kappa shape index (κ2) is 9.23. The maximum atomic E-state index is 12.2. The molecule has 0 heterocycles. The van der Waals surface area contributed by atoms with E-state index < -0.39 is 24.0 Å². The maximum absolute atomic E-state index is 12.2. The summed E-state index contributed by atoms with van der Waals surface area (Å²) in [7, 11) is 1.45. The van der Waals surface area contributed by atoms with Gasteiger partial charge in [0.1, 0.15) is 6.61 Å². The first kappa shape index (κ1) is 19.8. The van der Waals surface area contributed by atoms with E-state index in [4.69, 9.17) is 19.9 Å². The third kappa shape index (κ3) is 5.74. The zero-order chi connectivity index (χ0) is 19.8. The smallest absolute Gasteiger partial charge is 0.339 e. The Morgan fingerprint density at radius 1 is 1.07 bits per heavy atom. The van der Waals surface area contributed by atoms with Crippen LogP contribution in [0.4, 0.5) is 4.79 Å². The summed E-state index contributed by atoms with van der Waals surface area (Å²) in [6.45, 7) is 1.66. The number of urea groups is 1. The van der Waals surface area contributed by atoms with E-state index in [1.807, 2.05) is 35.6 Å². The molecule has 8 nitrogen and oxygen atoms in total. The fourth-order valence-corrected chi connectivity index (χ4v) is 2.15. The Balaban J connectivity index is 2.04. The van der Waals surface area contributed by atoms with E-state index in [1.54, 1.807) is 6.07 Å². The lowest BCUT2D eigenvalue weighted by Crippen LogP contribution is -2.42. The molecule has 0 aliphatic carbocycles. The maximum Gasteiger partial charge on any atom is 0.339 e. The minimum absolute atomic E-state index is 0.164. The van der Waals surface area contributed by atoms with Gasteiger partial charge in [-0.05, 0) is 30.7 Å². The quantitative estimate of drug-likeness (QED) is 0.718. The van der Waals surface area contributed by atoms with Crippen LogP contribution in [0, 0.1) is 0 Å². The van der Waals surface area contributed by atoms with Crippen molar-refractivity contribution in [3.8, 4) is 11.5 Å². The molecule has 0 aliphatic rings. The average Bonchev–Trinajstić information content (AvgIpc) is 2.66. The summed E-state index contributed by atoms with van der Waals surface area (Å²) in [6, 6.07) is 13.1. The molecule has 0 aromatic heterocycles. The zero-order valence-electron chi connectivity index (χ0n) is 14.9. The van der Waals surface area contributed by atoms with E-state index in [2.05, 4.69) is 0 Å². The molecular formula is C19H20N2O6. The molecule has 0 spiro atoms. The van der Waals surface area contributed by atoms with Crippen LogP contribution in [0.1, 0.15) is 22.8 Å². The Morgan fingerprint density at radius 2 is 1.78 bits per heavy atom. The van der Waals surface area contributed by atoms with Crippen LogP contribution in [0.3, 0.4) is 0 Å². The van der Waals surface area contributed by atoms with E-state index in [9.17, 15) is 14.4 Å². The van der Waals surface area contributed by atoms with Gasteiger partial charge in [-0.25, -0.2) is 9.59 Å². The van der Waals surface area contributed by atoms with Crippen molar-refractivity contribution in [2.75, 3.05) is 7.11 Å². The van der Waals surface area contributed by atoms with Crippen LogP contribution in [-0.2, 0) is 16.1 Å². The van der Waals surface area contributed by atoms with E-state index in [0.717, 1.165) is 5.56 Å². The molecule has 1 atom stereocenters. The van der Waals surface area contributed by atoms with Crippen LogP contribution < -0.4 is 20.5 Å². The van der Waals surface area contributed by atoms with Crippen LogP contribution in [-0.4, -0.2) is 31.1 Å². The molecule has 8 heteroatoms. The molecule has 2 aromatic carbocycles. The van der Waals surface area contributed by atoms with Gasteiger partial charge in [0, 0.05) is 0 Å². The summed E-state index contributed by atoms with van der Waals surface area (Å²) in [5.74, 6) is -0.771. The minimum atomic E-state index is -1.19. The number of benzene rings is 2. The highest BCUT2D eigenvalue weighted by molar-refractivity contribution is 5.98. The van der Waals surface area contributed by atoms with Crippen LogP contribution >= 0.6 is 0 Å². The number of hydrogen-bond acceptors (Lipinski definition) is 6. The van der Waals surface area contributed by atoms with Crippen LogP contribution in [0.2, 0.25) is 0 Å². The highest BCUT2D eigenvalue weighted by Gasteiger charge is 2.21. The van der Waals surface area contributed by atoms with Crippen molar-refractivity contribution in [2.45, 2.75) is 19.6 Å². The minimum Gasteiger partial charge on any atom is -0.493 e. The number of carbonyl (C=O) groups excluding carboxylic acids is 3. The van der Waals surface area contributed by atoms with Gasteiger partial charge in [-0.3, -0.25) is 10.1 Å². The van der Waals surface area contributed by atoms with Gasteiger partial charge in [0.05, 0.1) is 12.7 Å². The van der Waals surface area contributed by atoms with Crippen LogP contribution in [0.5, 0.6) is 11.5 Å². The third-order valence-corrected chi connectivity index (χ3v) is 3.54. The van der Waals surface area contributed by atoms with E-state index >= 15 is 0 Å². The number of imide groups is 1. The Bertz CT molecular complexity index is 822. The standard InChI is InChI=1S/C19H20N2O6/c1-12(17(22)21-19(20)24)27-18(23)14-8-9-15(16(10-14)25-2)26-11-13-6-4-3-5-7-13/h3-10,12H,11H2,1-2H3,(H3,20,21,22,24)/t12-/m0/s1. The Hall–Kier alpha value is -3.55. The van der Waals surface area contributed by atoms with Crippen molar-refractivity contribution >= 4 is 17.9 Å². The summed E-state index contributed by atoms with van der Waals surface area (Å²) >= 11 is 0. The summed E-state index contributed by atoms with van der Waals surface area (Å²) < 4.78 is 16.0. The normalized spacial score (nSPS) is 11.2. The number of methoxy groups -OCH3 is 1. The van der Waals surface area contributed by atoms with Crippen molar-refractivity contribution in [3.63, 3.8) is 0 Å². The zero-order valence-corrected chi connectivity index (χ0v) is 14.9. The second-order valence-electron chi connectivity index (χ2n) is 5.54.